The van der Waals surface area contributed by atoms with Gasteiger partial charge in [0.2, 0.25) is 0 Å². The lowest BCUT2D eigenvalue weighted by atomic mass is 10.0. The van der Waals surface area contributed by atoms with Crippen LogP contribution in [0.2, 0.25) is 23.2 Å². The quantitative estimate of drug-likeness (QED) is 0.0799. The summed E-state index contributed by atoms with van der Waals surface area (Å²) in [5.41, 5.74) is -0.338. The Morgan fingerprint density at radius 3 is 1.08 bits per heavy atom. The van der Waals surface area contributed by atoms with E-state index in [1.165, 1.54) is 64.2 Å². The van der Waals surface area contributed by atoms with E-state index in [0.29, 0.717) is 5.78 Å². The average molecular weight is 547 g/mol. The maximum absolute atomic E-state index is 14.6. The molecule has 0 saturated heterocycles. The highest BCUT2D eigenvalue weighted by molar-refractivity contribution is 6.77. The van der Waals surface area contributed by atoms with Gasteiger partial charge in [-0.3, -0.25) is 4.79 Å². The molecule has 0 aromatic rings. The fourth-order valence-electron chi connectivity index (χ4n) is 5.85. The van der Waals surface area contributed by atoms with Crippen LogP contribution in [0.3, 0.4) is 0 Å². The van der Waals surface area contributed by atoms with Gasteiger partial charge in [0, 0.05) is 28.4 Å². The van der Waals surface area contributed by atoms with Crippen LogP contribution < -0.4 is 0 Å². The Balaban J connectivity index is 5.98. The smallest absolute Gasteiger partial charge is 0.348 e. The van der Waals surface area contributed by atoms with Crippen LogP contribution in [0.4, 0.5) is 0 Å². The van der Waals surface area contributed by atoms with Crippen molar-refractivity contribution in [2.75, 3.05) is 28.4 Å². The molecule has 0 aromatic heterocycles. The van der Waals surface area contributed by atoms with Crippen molar-refractivity contribution in [2.24, 2.45) is 0 Å². The number of ketones is 1. The maximum Gasteiger partial charge on any atom is 0.348 e. The highest BCUT2D eigenvalue weighted by atomic mass is 28.4. The minimum absolute atomic E-state index is 0.169. The number of carbonyl (C=O) groups is 1. The fraction of sp³-hybridized carbons (Fsp3) is 0.966. The molecule has 0 radical (unpaired) electrons. The standard InChI is InChI=1S/C29H62O5Si2/c1-9-13-15-17-19-21-23-27(35(31-5,32-6)25-11-3)29(30)28(24-22-20-18-16-14-10-2)36(33-7,34-8)26-12-4/h27-28H,9-26H2,1-8H3. The van der Waals surface area contributed by atoms with Crippen LogP contribution in [0.15, 0.2) is 0 Å². The predicted molar refractivity (Wildman–Crippen MR) is 158 cm³/mol. The summed E-state index contributed by atoms with van der Waals surface area (Å²) in [5, 5.41) is 0. The molecule has 0 fully saturated rings. The van der Waals surface area contributed by atoms with E-state index < -0.39 is 17.1 Å². The maximum atomic E-state index is 14.6. The van der Waals surface area contributed by atoms with Crippen LogP contribution in [0.1, 0.15) is 130 Å². The lowest BCUT2D eigenvalue weighted by molar-refractivity contribution is -0.120. The summed E-state index contributed by atoms with van der Waals surface area (Å²) in [6, 6.07) is 1.69. The zero-order valence-corrected chi connectivity index (χ0v) is 27.4. The molecule has 0 saturated carbocycles. The van der Waals surface area contributed by atoms with Gasteiger partial charge in [0.1, 0.15) is 5.78 Å². The molecule has 2 atom stereocenters. The first-order valence-electron chi connectivity index (χ1n) is 15.2. The van der Waals surface area contributed by atoms with E-state index in [9.17, 15) is 4.79 Å². The molecule has 0 heterocycles. The first-order valence-corrected chi connectivity index (χ1v) is 19.4. The van der Waals surface area contributed by atoms with Gasteiger partial charge in [0.25, 0.3) is 0 Å². The van der Waals surface area contributed by atoms with Gasteiger partial charge in [-0.1, -0.05) is 118 Å². The summed E-state index contributed by atoms with van der Waals surface area (Å²) in [6.07, 6.45) is 18.2. The molecule has 5 nitrogen and oxygen atoms in total. The normalized spacial score (nSPS) is 14.2. The minimum Gasteiger partial charge on any atom is -0.397 e. The number of Topliss-reactive ketones (excluding diaryl/α,β-unsaturated/α-hetero) is 1. The molecule has 0 aromatic carbocycles. The largest absolute Gasteiger partial charge is 0.397 e. The molecule has 0 amide bonds. The Morgan fingerprint density at radius 1 is 0.500 bits per heavy atom. The third-order valence-electron chi connectivity index (χ3n) is 8.02. The summed E-state index contributed by atoms with van der Waals surface area (Å²) in [6.45, 7) is 8.83. The lowest BCUT2D eigenvalue weighted by Gasteiger charge is -2.40. The third kappa shape index (κ3) is 11.8. The van der Waals surface area contributed by atoms with Crippen LogP contribution in [0.25, 0.3) is 0 Å². The van der Waals surface area contributed by atoms with Gasteiger partial charge in [-0.25, -0.2) is 0 Å². The molecule has 0 spiro atoms. The van der Waals surface area contributed by atoms with Crippen molar-refractivity contribution >= 4 is 22.9 Å². The van der Waals surface area contributed by atoms with Crippen LogP contribution in [-0.4, -0.2) is 51.3 Å². The number of hydrogen-bond acceptors (Lipinski definition) is 5. The number of hydrogen-bond donors (Lipinski definition) is 0. The molecule has 0 aliphatic heterocycles. The van der Waals surface area contributed by atoms with Crippen LogP contribution in [0.5, 0.6) is 0 Å². The molecule has 216 valence electrons. The van der Waals surface area contributed by atoms with Crippen molar-refractivity contribution < 1.29 is 22.5 Å². The number of unbranched alkanes of at least 4 members (excludes halogenated alkanes) is 10. The minimum atomic E-state index is -2.70. The second-order valence-electron chi connectivity index (χ2n) is 10.6. The van der Waals surface area contributed by atoms with E-state index in [0.717, 1.165) is 50.6 Å². The highest BCUT2D eigenvalue weighted by Gasteiger charge is 2.55. The van der Waals surface area contributed by atoms with Gasteiger partial charge in [-0.05, 0) is 24.9 Å². The highest BCUT2D eigenvalue weighted by Crippen LogP contribution is 2.43. The third-order valence-corrected chi connectivity index (χ3v) is 16.4. The van der Waals surface area contributed by atoms with Gasteiger partial charge in [-0.2, -0.15) is 0 Å². The first-order chi connectivity index (χ1) is 17.4. The topological polar surface area (TPSA) is 54.0 Å². The SMILES string of the molecule is CCCCCCCCC(C(=O)C(CCCCCCCC)[Si](CCC)(OC)OC)[Si](CCC)(OC)OC. The molecule has 0 aliphatic rings. The lowest BCUT2D eigenvalue weighted by Crippen LogP contribution is -2.54. The van der Waals surface area contributed by atoms with Crippen molar-refractivity contribution in [3.8, 4) is 0 Å². The number of carbonyl (C=O) groups excluding carboxylic acids is 1. The van der Waals surface area contributed by atoms with Gasteiger partial charge >= 0.3 is 17.1 Å². The molecular weight excluding hydrogens is 484 g/mol. The molecule has 0 aliphatic carbocycles. The Kier molecular flexibility index (Phi) is 21.8. The molecule has 0 N–H and O–H groups in total. The number of rotatable bonds is 26. The van der Waals surface area contributed by atoms with Crippen molar-refractivity contribution in [1.82, 2.24) is 0 Å². The molecule has 2 unspecified atom stereocenters. The fourth-order valence-corrected chi connectivity index (χ4v) is 13.0. The molecule has 0 rings (SSSR count). The van der Waals surface area contributed by atoms with Gasteiger partial charge < -0.3 is 17.7 Å². The van der Waals surface area contributed by atoms with E-state index in [1.807, 2.05) is 0 Å². The van der Waals surface area contributed by atoms with Crippen LogP contribution in [0, 0.1) is 0 Å². The summed E-state index contributed by atoms with van der Waals surface area (Å²) in [7, 11) is 1.64. The Morgan fingerprint density at radius 2 is 0.806 bits per heavy atom. The molecular formula is C29H62O5Si2. The van der Waals surface area contributed by atoms with E-state index in [-0.39, 0.29) is 11.1 Å². The van der Waals surface area contributed by atoms with Crippen molar-refractivity contribution in [3.05, 3.63) is 0 Å². The monoisotopic (exact) mass is 546 g/mol. The van der Waals surface area contributed by atoms with E-state index in [2.05, 4.69) is 27.7 Å². The molecule has 0 bridgehead atoms. The Bertz CT molecular complexity index is 480. The van der Waals surface area contributed by atoms with Gasteiger partial charge in [0.15, 0.2) is 0 Å². The van der Waals surface area contributed by atoms with Crippen LogP contribution >= 0.6 is 0 Å². The van der Waals surface area contributed by atoms with Gasteiger partial charge in [-0.15, -0.1) is 0 Å². The molecule has 36 heavy (non-hydrogen) atoms. The summed E-state index contributed by atoms with van der Waals surface area (Å²) in [5.74, 6) is 0.310. The van der Waals surface area contributed by atoms with E-state index in [4.69, 9.17) is 17.7 Å². The Hall–Kier alpha value is -0.0562. The predicted octanol–water partition coefficient (Wildman–Crippen LogP) is 9.09. The van der Waals surface area contributed by atoms with Crippen molar-refractivity contribution in [3.63, 3.8) is 0 Å². The molecule has 7 heteroatoms. The summed E-state index contributed by atoms with van der Waals surface area (Å²) in [4.78, 5) is 14.6. The van der Waals surface area contributed by atoms with Gasteiger partial charge in [0.05, 0.1) is 11.1 Å². The van der Waals surface area contributed by atoms with E-state index >= 15 is 0 Å². The zero-order valence-electron chi connectivity index (χ0n) is 25.4. The second-order valence-corrected chi connectivity index (χ2v) is 17.8. The Labute approximate surface area is 227 Å². The summed E-state index contributed by atoms with van der Waals surface area (Å²) < 4.78 is 24.8. The zero-order chi connectivity index (χ0) is 27.3. The van der Waals surface area contributed by atoms with E-state index in [1.54, 1.807) is 28.4 Å². The summed E-state index contributed by atoms with van der Waals surface area (Å²) >= 11 is 0. The second kappa shape index (κ2) is 21.8. The van der Waals surface area contributed by atoms with Crippen molar-refractivity contribution in [2.45, 2.75) is 154 Å². The van der Waals surface area contributed by atoms with Crippen LogP contribution in [-0.2, 0) is 22.5 Å². The average Bonchev–Trinajstić information content (AvgIpc) is 2.90. The first kappa shape index (κ1) is 35.9. The van der Waals surface area contributed by atoms with Crippen molar-refractivity contribution in [1.29, 1.82) is 0 Å².